The summed E-state index contributed by atoms with van der Waals surface area (Å²) in [6.07, 6.45) is 1.59. The Kier molecular flexibility index (Phi) is 5.67. The summed E-state index contributed by atoms with van der Waals surface area (Å²) in [5.74, 6) is 0.214. The van der Waals surface area contributed by atoms with Gasteiger partial charge in [0.1, 0.15) is 5.75 Å². The average Bonchev–Trinajstić information content (AvgIpc) is 2.52. The Morgan fingerprint density at radius 3 is 2.41 bits per heavy atom. The SMILES string of the molecule is CCN(CC)c1ccc(/C=N/Nc2ccc(Cl)cc2)c(O)c1. The van der Waals surface area contributed by atoms with Crippen molar-refractivity contribution >= 4 is 29.2 Å². The van der Waals surface area contributed by atoms with Crippen LogP contribution in [-0.4, -0.2) is 24.4 Å². The fourth-order valence-corrected chi connectivity index (χ4v) is 2.25. The molecular formula is C17H20ClN3O. The van der Waals surface area contributed by atoms with Crippen LogP contribution in [-0.2, 0) is 0 Å². The van der Waals surface area contributed by atoms with Crippen molar-refractivity contribution in [1.82, 2.24) is 0 Å². The minimum Gasteiger partial charge on any atom is -0.507 e. The molecule has 2 rings (SSSR count). The molecule has 0 aliphatic heterocycles. The lowest BCUT2D eigenvalue weighted by Crippen LogP contribution is -2.21. The van der Waals surface area contributed by atoms with Crippen molar-refractivity contribution < 1.29 is 5.11 Å². The second kappa shape index (κ2) is 7.71. The third kappa shape index (κ3) is 4.15. The van der Waals surface area contributed by atoms with Gasteiger partial charge in [0.2, 0.25) is 0 Å². The Bertz CT molecular complexity index is 637. The molecule has 0 unspecified atom stereocenters. The number of rotatable bonds is 6. The van der Waals surface area contributed by atoms with E-state index in [0.29, 0.717) is 10.6 Å². The van der Waals surface area contributed by atoms with E-state index in [1.165, 1.54) is 0 Å². The predicted molar refractivity (Wildman–Crippen MR) is 94.3 cm³/mol. The maximum Gasteiger partial charge on any atom is 0.126 e. The van der Waals surface area contributed by atoms with Crippen LogP contribution in [0.2, 0.25) is 5.02 Å². The summed E-state index contributed by atoms with van der Waals surface area (Å²) in [6.45, 7) is 5.99. The van der Waals surface area contributed by atoms with Crippen LogP contribution in [0.5, 0.6) is 5.75 Å². The zero-order chi connectivity index (χ0) is 15.9. The summed E-state index contributed by atoms with van der Waals surface area (Å²) in [5.41, 5.74) is 5.40. The van der Waals surface area contributed by atoms with Crippen molar-refractivity contribution in [2.24, 2.45) is 5.10 Å². The highest BCUT2D eigenvalue weighted by Gasteiger charge is 2.05. The highest BCUT2D eigenvalue weighted by Crippen LogP contribution is 2.23. The van der Waals surface area contributed by atoms with E-state index in [4.69, 9.17) is 11.6 Å². The first-order valence-corrected chi connectivity index (χ1v) is 7.64. The average molecular weight is 318 g/mol. The van der Waals surface area contributed by atoms with Gasteiger partial charge in [-0.2, -0.15) is 5.10 Å². The van der Waals surface area contributed by atoms with Crippen molar-refractivity contribution in [3.63, 3.8) is 0 Å². The Hall–Kier alpha value is -2.20. The van der Waals surface area contributed by atoms with Gasteiger partial charge in [-0.05, 0) is 50.2 Å². The molecule has 22 heavy (non-hydrogen) atoms. The van der Waals surface area contributed by atoms with Crippen molar-refractivity contribution in [3.05, 3.63) is 53.1 Å². The molecule has 2 aromatic rings. The van der Waals surface area contributed by atoms with E-state index in [1.54, 1.807) is 24.4 Å². The molecular weight excluding hydrogens is 298 g/mol. The standard InChI is InChI=1S/C17H20ClN3O/c1-3-21(4-2)16-10-5-13(17(22)11-16)12-19-20-15-8-6-14(18)7-9-15/h5-12,20,22H,3-4H2,1-2H3/b19-12+. The van der Waals surface area contributed by atoms with Gasteiger partial charge in [-0.15, -0.1) is 0 Å². The topological polar surface area (TPSA) is 47.9 Å². The van der Waals surface area contributed by atoms with Crippen LogP contribution >= 0.6 is 11.6 Å². The number of phenols is 1. The first-order chi connectivity index (χ1) is 10.6. The van der Waals surface area contributed by atoms with E-state index >= 15 is 0 Å². The second-order valence-corrected chi connectivity index (χ2v) is 5.23. The summed E-state index contributed by atoms with van der Waals surface area (Å²) in [5, 5.41) is 14.9. The van der Waals surface area contributed by atoms with E-state index in [1.807, 2.05) is 24.3 Å². The number of aromatic hydroxyl groups is 1. The lowest BCUT2D eigenvalue weighted by atomic mass is 10.2. The number of hydrogen-bond donors (Lipinski definition) is 2. The van der Waals surface area contributed by atoms with Gasteiger partial charge >= 0.3 is 0 Å². The van der Waals surface area contributed by atoms with Crippen LogP contribution in [0.1, 0.15) is 19.4 Å². The van der Waals surface area contributed by atoms with E-state index in [9.17, 15) is 5.11 Å². The molecule has 2 N–H and O–H groups in total. The van der Waals surface area contributed by atoms with Gasteiger partial charge in [-0.1, -0.05) is 11.6 Å². The molecule has 0 aromatic heterocycles. The van der Waals surface area contributed by atoms with E-state index < -0.39 is 0 Å². The zero-order valence-electron chi connectivity index (χ0n) is 12.8. The van der Waals surface area contributed by atoms with Gasteiger partial charge < -0.3 is 10.0 Å². The van der Waals surface area contributed by atoms with Crippen molar-refractivity contribution in [1.29, 1.82) is 0 Å². The number of hydrogen-bond acceptors (Lipinski definition) is 4. The van der Waals surface area contributed by atoms with Crippen molar-refractivity contribution in [2.45, 2.75) is 13.8 Å². The molecule has 0 amide bonds. The molecule has 0 atom stereocenters. The van der Waals surface area contributed by atoms with Crippen molar-refractivity contribution in [3.8, 4) is 5.75 Å². The number of halogens is 1. The third-order valence-corrected chi connectivity index (χ3v) is 3.64. The predicted octanol–water partition coefficient (Wildman–Crippen LogP) is 4.34. The molecule has 0 aliphatic carbocycles. The Morgan fingerprint density at radius 2 is 1.82 bits per heavy atom. The molecule has 0 bridgehead atoms. The molecule has 0 aliphatic rings. The lowest BCUT2D eigenvalue weighted by molar-refractivity contribution is 0.474. The smallest absolute Gasteiger partial charge is 0.126 e. The van der Waals surface area contributed by atoms with E-state index in [0.717, 1.165) is 24.5 Å². The molecule has 2 aromatic carbocycles. The fourth-order valence-electron chi connectivity index (χ4n) is 2.13. The quantitative estimate of drug-likeness (QED) is 0.615. The van der Waals surface area contributed by atoms with Crippen LogP contribution in [0.3, 0.4) is 0 Å². The summed E-state index contributed by atoms with van der Waals surface area (Å²) >= 11 is 5.82. The van der Waals surface area contributed by atoms with Crippen LogP contribution in [0, 0.1) is 0 Å². The van der Waals surface area contributed by atoms with Crippen LogP contribution in [0.25, 0.3) is 0 Å². The molecule has 116 valence electrons. The molecule has 0 spiro atoms. The minimum absolute atomic E-state index is 0.214. The van der Waals surface area contributed by atoms with Gasteiger partial charge in [0.05, 0.1) is 11.9 Å². The van der Waals surface area contributed by atoms with Crippen molar-refractivity contribution in [2.75, 3.05) is 23.4 Å². The normalized spacial score (nSPS) is 10.9. The van der Waals surface area contributed by atoms with E-state index in [2.05, 4.69) is 29.3 Å². The molecule has 0 radical (unpaired) electrons. The largest absolute Gasteiger partial charge is 0.507 e. The summed E-state index contributed by atoms with van der Waals surface area (Å²) < 4.78 is 0. The highest BCUT2D eigenvalue weighted by atomic mass is 35.5. The lowest BCUT2D eigenvalue weighted by Gasteiger charge is -2.21. The van der Waals surface area contributed by atoms with Gasteiger partial charge in [0, 0.05) is 35.4 Å². The molecule has 0 saturated heterocycles. The molecule has 4 nitrogen and oxygen atoms in total. The van der Waals surface area contributed by atoms with Gasteiger partial charge in [0.15, 0.2) is 0 Å². The third-order valence-electron chi connectivity index (χ3n) is 3.38. The Morgan fingerprint density at radius 1 is 1.14 bits per heavy atom. The zero-order valence-corrected chi connectivity index (χ0v) is 13.5. The van der Waals surface area contributed by atoms with Gasteiger partial charge in [-0.25, -0.2) is 0 Å². The number of anilines is 2. The van der Waals surface area contributed by atoms with E-state index in [-0.39, 0.29) is 5.75 Å². The summed E-state index contributed by atoms with van der Waals surface area (Å²) in [4.78, 5) is 2.17. The second-order valence-electron chi connectivity index (χ2n) is 4.79. The molecule has 0 saturated carbocycles. The minimum atomic E-state index is 0.214. The monoisotopic (exact) mass is 317 g/mol. The summed E-state index contributed by atoms with van der Waals surface area (Å²) in [6, 6.07) is 12.8. The van der Waals surface area contributed by atoms with Gasteiger partial charge in [-0.3, -0.25) is 5.43 Å². The number of nitrogens with one attached hydrogen (secondary N) is 1. The van der Waals surface area contributed by atoms with Gasteiger partial charge in [0.25, 0.3) is 0 Å². The fraction of sp³-hybridized carbons (Fsp3) is 0.235. The summed E-state index contributed by atoms with van der Waals surface area (Å²) in [7, 11) is 0. The Labute approximate surface area is 136 Å². The first kappa shape index (κ1) is 16.2. The van der Waals surface area contributed by atoms with Crippen LogP contribution in [0.4, 0.5) is 11.4 Å². The number of hydrazone groups is 1. The molecule has 0 fully saturated rings. The highest BCUT2D eigenvalue weighted by molar-refractivity contribution is 6.30. The first-order valence-electron chi connectivity index (χ1n) is 7.26. The molecule has 0 heterocycles. The number of benzene rings is 2. The van der Waals surface area contributed by atoms with Crippen LogP contribution < -0.4 is 10.3 Å². The maximum atomic E-state index is 10.1. The Balaban J connectivity index is 2.06. The maximum absolute atomic E-state index is 10.1. The number of nitrogens with zero attached hydrogens (tertiary/aromatic N) is 2. The van der Waals surface area contributed by atoms with Crippen LogP contribution in [0.15, 0.2) is 47.6 Å². The molecule has 5 heteroatoms. The number of phenolic OH excluding ortho intramolecular Hbond substituents is 1.